The Balaban J connectivity index is 3.06. The zero-order chi connectivity index (χ0) is 19.1. The Labute approximate surface area is 163 Å². The van der Waals surface area contributed by atoms with Crippen molar-refractivity contribution < 1.29 is 14.6 Å². The van der Waals surface area contributed by atoms with Gasteiger partial charge in [-0.2, -0.15) is 0 Å². The molecule has 1 unspecified atom stereocenters. The third-order valence-corrected chi connectivity index (χ3v) is 4.82. The van der Waals surface area contributed by atoms with Crippen LogP contribution < -0.4 is 5.32 Å². The van der Waals surface area contributed by atoms with Crippen LogP contribution in [-0.4, -0.2) is 51.2 Å². The van der Waals surface area contributed by atoms with Gasteiger partial charge in [-0.05, 0) is 6.42 Å². The predicted octanol–water partition coefficient (Wildman–Crippen LogP) is 5.08. The Morgan fingerprint density at radius 1 is 0.731 bits per heavy atom. The summed E-state index contributed by atoms with van der Waals surface area (Å²) < 4.78 is 10.5. The second-order valence-corrected chi connectivity index (χ2v) is 7.52. The molecule has 4 nitrogen and oxygen atoms in total. The van der Waals surface area contributed by atoms with Gasteiger partial charge in [0.1, 0.15) is 0 Å². The number of rotatable bonds is 22. The van der Waals surface area contributed by atoms with Gasteiger partial charge >= 0.3 is 0 Å². The fraction of sp³-hybridized carbons (Fsp3) is 1.00. The topological polar surface area (TPSA) is 50.7 Å². The van der Waals surface area contributed by atoms with Crippen molar-refractivity contribution >= 4 is 0 Å². The molecule has 0 heterocycles. The summed E-state index contributed by atoms with van der Waals surface area (Å²) in [6.07, 6.45) is 18.8. The minimum absolute atomic E-state index is 0.418. The van der Waals surface area contributed by atoms with Crippen molar-refractivity contribution in [1.82, 2.24) is 5.32 Å². The lowest BCUT2D eigenvalue weighted by molar-refractivity contribution is 0.0347. The van der Waals surface area contributed by atoms with Crippen LogP contribution in [0, 0.1) is 0 Å². The van der Waals surface area contributed by atoms with Crippen molar-refractivity contribution in [3.63, 3.8) is 0 Å². The summed E-state index contributed by atoms with van der Waals surface area (Å²) in [5.74, 6) is 0. The van der Waals surface area contributed by atoms with E-state index in [-0.39, 0.29) is 0 Å². The smallest absolute Gasteiger partial charge is 0.0897 e. The van der Waals surface area contributed by atoms with Gasteiger partial charge in [-0.1, -0.05) is 90.4 Å². The Hall–Kier alpha value is -0.160. The minimum Gasteiger partial charge on any atom is -0.389 e. The summed E-state index contributed by atoms with van der Waals surface area (Å²) in [6, 6.07) is 0. The average Bonchev–Trinajstić information content (AvgIpc) is 2.65. The van der Waals surface area contributed by atoms with Gasteiger partial charge in [0.2, 0.25) is 0 Å². The largest absolute Gasteiger partial charge is 0.389 e. The number of aliphatic hydroxyl groups is 1. The summed E-state index contributed by atoms with van der Waals surface area (Å²) in [6.45, 7) is 5.49. The molecule has 0 aliphatic carbocycles. The number of hydrogen-bond donors (Lipinski definition) is 2. The van der Waals surface area contributed by atoms with E-state index in [1.165, 1.54) is 83.5 Å². The molecular formula is C22H47NO3. The highest BCUT2D eigenvalue weighted by atomic mass is 16.5. The molecule has 0 aliphatic rings. The van der Waals surface area contributed by atoms with E-state index in [1.807, 2.05) is 0 Å². The predicted molar refractivity (Wildman–Crippen MR) is 112 cm³/mol. The molecule has 0 aromatic heterocycles. The lowest BCUT2D eigenvalue weighted by Crippen LogP contribution is -2.32. The van der Waals surface area contributed by atoms with Crippen molar-refractivity contribution in [3.8, 4) is 0 Å². The molecule has 4 heteroatoms. The van der Waals surface area contributed by atoms with Crippen molar-refractivity contribution in [2.75, 3.05) is 40.0 Å². The van der Waals surface area contributed by atoms with Gasteiger partial charge in [0.05, 0.1) is 19.3 Å². The molecule has 0 aromatic carbocycles. The number of ether oxygens (including phenoxy) is 2. The summed E-state index contributed by atoms with van der Waals surface area (Å²) in [7, 11) is 1.68. The van der Waals surface area contributed by atoms with Crippen LogP contribution in [0.3, 0.4) is 0 Å². The van der Waals surface area contributed by atoms with Crippen LogP contribution in [0.1, 0.15) is 96.8 Å². The van der Waals surface area contributed by atoms with Crippen molar-refractivity contribution in [2.45, 2.75) is 103 Å². The summed E-state index contributed by atoms with van der Waals surface area (Å²) in [5.41, 5.74) is 0. The van der Waals surface area contributed by atoms with E-state index in [1.54, 1.807) is 7.11 Å². The van der Waals surface area contributed by atoms with Gasteiger partial charge in [-0.15, -0.1) is 0 Å². The highest BCUT2D eigenvalue weighted by Gasteiger charge is 2.03. The summed E-state index contributed by atoms with van der Waals surface area (Å²) >= 11 is 0. The van der Waals surface area contributed by atoms with Gasteiger partial charge in [0.15, 0.2) is 0 Å². The fourth-order valence-corrected chi connectivity index (χ4v) is 3.12. The first-order chi connectivity index (χ1) is 12.8. The number of nitrogens with one attached hydrogen (secondary N) is 1. The molecule has 0 fully saturated rings. The SMILES string of the molecule is CCCCCCCCCCCCCCCCOCC(O)CNCCOC. The Morgan fingerprint density at radius 2 is 1.23 bits per heavy atom. The third kappa shape index (κ3) is 21.9. The van der Waals surface area contributed by atoms with E-state index in [2.05, 4.69) is 12.2 Å². The molecule has 0 aliphatic heterocycles. The van der Waals surface area contributed by atoms with Crippen LogP contribution in [0.5, 0.6) is 0 Å². The lowest BCUT2D eigenvalue weighted by Gasteiger charge is -2.12. The average molecular weight is 374 g/mol. The summed E-state index contributed by atoms with van der Waals surface area (Å²) in [4.78, 5) is 0. The molecule has 0 bridgehead atoms. The monoisotopic (exact) mass is 373 g/mol. The number of aliphatic hydroxyl groups excluding tert-OH is 1. The highest BCUT2D eigenvalue weighted by molar-refractivity contribution is 4.58. The van der Waals surface area contributed by atoms with Crippen molar-refractivity contribution in [3.05, 3.63) is 0 Å². The summed E-state index contributed by atoms with van der Waals surface area (Å²) in [5, 5.41) is 12.9. The molecule has 0 aromatic rings. The van der Waals surface area contributed by atoms with Gasteiger partial charge in [-0.25, -0.2) is 0 Å². The molecule has 26 heavy (non-hydrogen) atoms. The molecule has 0 rings (SSSR count). The zero-order valence-corrected chi connectivity index (χ0v) is 17.8. The normalized spacial score (nSPS) is 12.6. The van der Waals surface area contributed by atoms with Crippen molar-refractivity contribution in [2.24, 2.45) is 0 Å². The van der Waals surface area contributed by atoms with E-state index in [0.717, 1.165) is 19.6 Å². The minimum atomic E-state index is -0.418. The van der Waals surface area contributed by atoms with Gasteiger partial charge in [0.25, 0.3) is 0 Å². The molecule has 158 valence electrons. The molecular weight excluding hydrogens is 326 g/mol. The second kappa shape index (κ2) is 22.9. The number of unbranched alkanes of at least 4 members (excludes halogenated alkanes) is 13. The van der Waals surface area contributed by atoms with E-state index < -0.39 is 6.10 Å². The third-order valence-electron chi connectivity index (χ3n) is 4.82. The zero-order valence-electron chi connectivity index (χ0n) is 17.8. The van der Waals surface area contributed by atoms with E-state index in [0.29, 0.717) is 19.8 Å². The van der Waals surface area contributed by atoms with Crippen LogP contribution in [0.2, 0.25) is 0 Å². The molecule has 0 saturated carbocycles. The van der Waals surface area contributed by atoms with E-state index in [4.69, 9.17) is 9.47 Å². The van der Waals surface area contributed by atoms with Crippen LogP contribution in [-0.2, 0) is 9.47 Å². The Kier molecular flexibility index (Phi) is 22.7. The molecule has 0 spiro atoms. The Morgan fingerprint density at radius 3 is 1.73 bits per heavy atom. The van der Waals surface area contributed by atoms with Crippen molar-refractivity contribution in [1.29, 1.82) is 0 Å². The lowest BCUT2D eigenvalue weighted by atomic mass is 10.0. The molecule has 0 radical (unpaired) electrons. The maximum Gasteiger partial charge on any atom is 0.0897 e. The molecule has 1 atom stereocenters. The van der Waals surface area contributed by atoms with Crippen LogP contribution in [0.25, 0.3) is 0 Å². The number of hydrogen-bond acceptors (Lipinski definition) is 4. The van der Waals surface area contributed by atoms with Gasteiger partial charge in [-0.3, -0.25) is 0 Å². The fourth-order valence-electron chi connectivity index (χ4n) is 3.12. The van der Waals surface area contributed by atoms with Gasteiger partial charge in [0, 0.05) is 26.8 Å². The highest BCUT2D eigenvalue weighted by Crippen LogP contribution is 2.12. The first kappa shape index (κ1) is 25.8. The molecule has 0 saturated heterocycles. The second-order valence-electron chi connectivity index (χ2n) is 7.52. The quantitative estimate of drug-likeness (QED) is 0.260. The Bertz CT molecular complexity index is 252. The van der Waals surface area contributed by atoms with Crippen LogP contribution in [0.15, 0.2) is 0 Å². The maximum atomic E-state index is 9.74. The van der Waals surface area contributed by atoms with Gasteiger partial charge < -0.3 is 19.9 Å². The molecule has 2 N–H and O–H groups in total. The first-order valence-electron chi connectivity index (χ1n) is 11.3. The molecule has 0 amide bonds. The van der Waals surface area contributed by atoms with E-state index in [9.17, 15) is 5.11 Å². The first-order valence-corrected chi connectivity index (χ1v) is 11.3. The maximum absolute atomic E-state index is 9.74. The number of methoxy groups -OCH3 is 1. The van der Waals surface area contributed by atoms with Crippen LogP contribution in [0.4, 0.5) is 0 Å². The van der Waals surface area contributed by atoms with Crippen LogP contribution >= 0.6 is 0 Å². The van der Waals surface area contributed by atoms with E-state index >= 15 is 0 Å². The standard InChI is InChI=1S/C22H47NO3/c1-3-4-5-6-7-8-9-10-11-12-13-14-15-16-18-26-21-22(24)20-23-17-19-25-2/h22-24H,3-21H2,1-2H3.